The van der Waals surface area contributed by atoms with Gasteiger partial charge in [0.2, 0.25) is 0 Å². The Kier molecular flexibility index (Phi) is 4.10. The van der Waals surface area contributed by atoms with Gasteiger partial charge in [0.1, 0.15) is 11.6 Å². The van der Waals surface area contributed by atoms with Gasteiger partial charge in [0.15, 0.2) is 5.22 Å². The number of nitrogens with zero attached hydrogens (tertiary/aromatic N) is 4. The molecule has 1 aliphatic rings. The van der Waals surface area contributed by atoms with E-state index in [9.17, 15) is 0 Å². The molecule has 3 heterocycles. The minimum Gasteiger partial charge on any atom is -0.448 e. The van der Waals surface area contributed by atoms with E-state index in [1.54, 1.807) is 6.07 Å². The van der Waals surface area contributed by atoms with Gasteiger partial charge < -0.3 is 8.98 Å². The second kappa shape index (κ2) is 5.99. The van der Waals surface area contributed by atoms with Gasteiger partial charge >= 0.3 is 0 Å². The number of hydrogen-bond acceptors (Lipinski definition) is 4. The van der Waals surface area contributed by atoms with Crippen LogP contribution in [0.5, 0.6) is 0 Å². The summed E-state index contributed by atoms with van der Waals surface area (Å²) in [5, 5.41) is 0.466. The van der Waals surface area contributed by atoms with Crippen molar-refractivity contribution in [1.82, 2.24) is 19.4 Å². The van der Waals surface area contributed by atoms with E-state index >= 15 is 0 Å². The Morgan fingerprint density at radius 2 is 1.85 bits per heavy atom. The molecule has 0 radical (unpaired) electrons. The fourth-order valence-corrected chi connectivity index (χ4v) is 2.67. The Morgan fingerprint density at radius 1 is 1.15 bits per heavy atom. The zero-order chi connectivity index (χ0) is 13.9. The molecule has 0 N–H and O–H groups in total. The molecular formula is C14H19ClN4O. The first-order valence-corrected chi connectivity index (χ1v) is 7.23. The minimum absolute atomic E-state index is 0.466. The molecule has 1 saturated heterocycles. The van der Waals surface area contributed by atoms with E-state index in [0.717, 1.165) is 50.9 Å². The van der Waals surface area contributed by atoms with E-state index in [2.05, 4.69) is 19.4 Å². The standard InChI is InChI=1S/C14H19ClN4O/c1-17-5-4-16-14(17)11-19-8-6-18(7-9-19)10-12-2-3-13(15)20-12/h2-5H,6-11H2,1H3. The van der Waals surface area contributed by atoms with Gasteiger partial charge in [-0.2, -0.15) is 0 Å². The molecule has 0 aliphatic carbocycles. The maximum absolute atomic E-state index is 5.79. The fraction of sp³-hybridized carbons (Fsp3) is 0.500. The van der Waals surface area contributed by atoms with Crippen molar-refractivity contribution in [3.63, 3.8) is 0 Å². The normalized spacial score (nSPS) is 17.7. The number of aromatic nitrogens is 2. The van der Waals surface area contributed by atoms with Crippen molar-refractivity contribution in [2.45, 2.75) is 13.1 Å². The van der Waals surface area contributed by atoms with Crippen molar-refractivity contribution in [3.8, 4) is 0 Å². The number of rotatable bonds is 4. The summed E-state index contributed by atoms with van der Waals surface area (Å²) in [5.74, 6) is 2.06. The average Bonchev–Trinajstić information content (AvgIpc) is 3.02. The number of piperazine rings is 1. The molecule has 0 aromatic carbocycles. The van der Waals surface area contributed by atoms with E-state index in [-0.39, 0.29) is 0 Å². The summed E-state index contributed by atoms with van der Waals surface area (Å²) in [4.78, 5) is 9.21. The highest BCUT2D eigenvalue weighted by atomic mass is 35.5. The van der Waals surface area contributed by atoms with Crippen LogP contribution in [0.4, 0.5) is 0 Å². The van der Waals surface area contributed by atoms with E-state index in [1.165, 1.54) is 0 Å². The number of aryl methyl sites for hydroxylation is 1. The summed E-state index contributed by atoms with van der Waals surface area (Å²) in [6, 6.07) is 3.75. The Morgan fingerprint density at radius 3 is 2.40 bits per heavy atom. The summed E-state index contributed by atoms with van der Waals surface area (Å²) >= 11 is 5.79. The highest BCUT2D eigenvalue weighted by Crippen LogP contribution is 2.16. The molecule has 3 rings (SSSR count). The molecule has 0 spiro atoms. The highest BCUT2D eigenvalue weighted by Gasteiger charge is 2.19. The van der Waals surface area contributed by atoms with Crippen LogP contribution in [0.25, 0.3) is 0 Å². The van der Waals surface area contributed by atoms with Gasteiger partial charge in [-0.25, -0.2) is 4.98 Å². The summed E-state index contributed by atoms with van der Waals surface area (Å²) in [6.07, 6.45) is 3.85. The second-order valence-electron chi connectivity index (χ2n) is 5.21. The molecule has 0 bridgehead atoms. The third-order valence-electron chi connectivity index (χ3n) is 3.76. The van der Waals surface area contributed by atoms with Crippen molar-refractivity contribution in [2.75, 3.05) is 26.2 Å². The Balaban J connectivity index is 1.48. The molecular weight excluding hydrogens is 276 g/mol. The SMILES string of the molecule is Cn1ccnc1CN1CCN(Cc2ccc(Cl)o2)CC1. The minimum atomic E-state index is 0.466. The number of furan rings is 1. The molecule has 1 fully saturated rings. The molecule has 5 nitrogen and oxygen atoms in total. The number of halogens is 1. The fourth-order valence-electron chi connectivity index (χ4n) is 2.51. The maximum atomic E-state index is 5.79. The van der Waals surface area contributed by atoms with Crippen LogP contribution >= 0.6 is 11.6 Å². The molecule has 2 aromatic rings. The van der Waals surface area contributed by atoms with E-state index in [1.807, 2.05) is 25.5 Å². The van der Waals surface area contributed by atoms with E-state index < -0.39 is 0 Å². The van der Waals surface area contributed by atoms with Gasteiger partial charge in [0.05, 0.1) is 13.1 Å². The number of hydrogen-bond donors (Lipinski definition) is 0. The van der Waals surface area contributed by atoms with Crippen LogP contribution in [-0.2, 0) is 20.1 Å². The van der Waals surface area contributed by atoms with Gasteiger partial charge in [0, 0.05) is 45.6 Å². The van der Waals surface area contributed by atoms with Crippen molar-refractivity contribution in [2.24, 2.45) is 7.05 Å². The lowest BCUT2D eigenvalue weighted by atomic mass is 10.3. The predicted octanol–water partition coefficient (Wildman–Crippen LogP) is 1.98. The Labute approximate surface area is 123 Å². The summed E-state index contributed by atoms with van der Waals surface area (Å²) in [7, 11) is 2.04. The molecule has 2 aromatic heterocycles. The van der Waals surface area contributed by atoms with Gasteiger partial charge in [-0.05, 0) is 23.7 Å². The molecule has 0 unspecified atom stereocenters. The van der Waals surface area contributed by atoms with Crippen LogP contribution in [0.15, 0.2) is 28.9 Å². The van der Waals surface area contributed by atoms with Crippen LogP contribution in [-0.4, -0.2) is 45.5 Å². The van der Waals surface area contributed by atoms with Crippen molar-refractivity contribution >= 4 is 11.6 Å². The molecule has 0 atom stereocenters. The molecule has 0 amide bonds. The van der Waals surface area contributed by atoms with Gasteiger partial charge in [-0.15, -0.1) is 0 Å². The van der Waals surface area contributed by atoms with Crippen molar-refractivity contribution in [1.29, 1.82) is 0 Å². The quantitative estimate of drug-likeness (QED) is 0.864. The Hall–Kier alpha value is -1.30. The third kappa shape index (κ3) is 3.23. The highest BCUT2D eigenvalue weighted by molar-refractivity contribution is 6.28. The Bertz CT molecular complexity index is 557. The monoisotopic (exact) mass is 294 g/mol. The zero-order valence-corrected chi connectivity index (χ0v) is 12.4. The third-order valence-corrected chi connectivity index (χ3v) is 3.96. The van der Waals surface area contributed by atoms with Crippen LogP contribution in [0, 0.1) is 0 Å². The molecule has 1 aliphatic heterocycles. The molecule has 108 valence electrons. The molecule has 6 heteroatoms. The topological polar surface area (TPSA) is 37.4 Å². The maximum Gasteiger partial charge on any atom is 0.193 e. The van der Waals surface area contributed by atoms with Crippen molar-refractivity contribution < 1.29 is 4.42 Å². The molecule has 20 heavy (non-hydrogen) atoms. The smallest absolute Gasteiger partial charge is 0.193 e. The van der Waals surface area contributed by atoms with Crippen LogP contribution in [0.2, 0.25) is 5.22 Å². The van der Waals surface area contributed by atoms with E-state index in [4.69, 9.17) is 16.0 Å². The van der Waals surface area contributed by atoms with Crippen LogP contribution in [0.1, 0.15) is 11.6 Å². The van der Waals surface area contributed by atoms with Gasteiger partial charge in [-0.3, -0.25) is 9.80 Å². The van der Waals surface area contributed by atoms with Crippen LogP contribution < -0.4 is 0 Å². The molecule has 0 saturated carbocycles. The summed E-state index contributed by atoms with van der Waals surface area (Å²) < 4.78 is 7.49. The second-order valence-corrected chi connectivity index (χ2v) is 5.59. The lowest BCUT2D eigenvalue weighted by Gasteiger charge is -2.33. The first-order valence-electron chi connectivity index (χ1n) is 6.86. The lowest BCUT2D eigenvalue weighted by molar-refractivity contribution is 0.113. The summed E-state index contributed by atoms with van der Waals surface area (Å²) in [6.45, 7) is 5.96. The van der Waals surface area contributed by atoms with Crippen molar-refractivity contribution in [3.05, 3.63) is 41.3 Å². The van der Waals surface area contributed by atoms with Gasteiger partial charge in [-0.1, -0.05) is 0 Å². The summed E-state index contributed by atoms with van der Waals surface area (Å²) in [5.41, 5.74) is 0. The first-order chi connectivity index (χ1) is 9.70. The largest absolute Gasteiger partial charge is 0.448 e. The predicted molar refractivity (Wildman–Crippen MR) is 77.5 cm³/mol. The van der Waals surface area contributed by atoms with Gasteiger partial charge in [0.25, 0.3) is 0 Å². The number of imidazole rings is 1. The average molecular weight is 295 g/mol. The first kappa shape index (κ1) is 13.7. The van der Waals surface area contributed by atoms with E-state index in [0.29, 0.717) is 5.22 Å². The lowest BCUT2D eigenvalue weighted by Crippen LogP contribution is -2.45. The van der Waals surface area contributed by atoms with Crippen LogP contribution in [0.3, 0.4) is 0 Å². The zero-order valence-electron chi connectivity index (χ0n) is 11.6.